The Balaban J connectivity index is 1.64. The molecular formula is C32H22F3N5. The van der Waals surface area contributed by atoms with Gasteiger partial charge in [0.15, 0.2) is 5.82 Å². The van der Waals surface area contributed by atoms with E-state index in [9.17, 15) is 18.4 Å². The van der Waals surface area contributed by atoms with Crippen molar-refractivity contribution in [2.45, 2.75) is 26.9 Å². The predicted molar refractivity (Wildman–Crippen MR) is 149 cm³/mol. The lowest BCUT2D eigenvalue weighted by Gasteiger charge is -2.14. The van der Waals surface area contributed by atoms with Crippen molar-refractivity contribution in [3.63, 3.8) is 0 Å². The minimum absolute atomic E-state index is 0.439. The molecule has 0 bridgehead atoms. The van der Waals surface area contributed by atoms with Crippen molar-refractivity contribution in [3.8, 4) is 34.3 Å². The molecule has 0 radical (unpaired) electrons. The number of alkyl halides is 3. The lowest BCUT2D eigenvalue weighted by molar-refractivity contribution is -0.137. The van der Waals surface area contributed by atoms with Crippen molar-refractivity contribution in [1.82, 2.24) is 19.5 Å². The topological polar surface area (TPSA) is 67.4 Å². The number of nitriles is 1. The highest BCUT2D eigenvalue weighted by molar-refractivity contribution is 6.10. The molecule has 8 heteroatoms. The molecule has 0 saturated heterocycles. The molecule has 4 aromatic carbocycles. The zero-order valence-corrected chi connectivity index (χ0v) is 21.9. The number of fused-ring (bicyclic) bond motifs is 3. The van der Waals surface area contributed by atoms with Gasteiger partial charge in [-0.05, 0) is 79.9 Å². The van der Waals surface area contributed by atoms with Gasteiger partial charge in [-0.15, -0.1) is 0 Å². The third kappa shape index (κ3) is 4.35. The first-order valence-corrected chi connectivity index (χ1v) is 12.6. The Morgan fingerprint density at radius 3 is 2.12 bits per heavy atom. The summed E-state index contributed by atoms with van der Waals surface area (Å²) in [5, 5.41) is 12.0. The third-order valence-corrected chi connectivity index (χ3v) is 6.89. The van der Waals surface area contributed by atoms with Crippen LogP contribution in [-0.2, 0) is 6.18 Å². The Morgan fingerprint density at radius 2 is 1.40 bits per heavy atom. The number of halogens is 3. The fourth-order valence-corrected chi connectivity index (χ4v) is 5.22. The average molecular weight is 534 g/mol. The molecule has 0 aliphatic carbocycles. The highest BCUT2D eigenvalue weighted by atomic mass is 19.4. The van der Waals surface area contributed by atoms with Gasteiger partial charge >= 0.3 is 6.18 Å². The first kappa shape index (κ1) is 25.3. The Labute approximate surface area is 228 Å². The monoisotopic (exact) mass is 533 g/mol. The molecule has 6 aromatic rings. The summed E-state index contributed by atoms with van der Waals surface area (Å²) in [4.78, 5) is 13.2. The molecule has 0 aliphatic rings. The summed E-state index contributed by atoms with van der Waals surface area (Å²) in [7, 11) is 0. The highest BCUT2D eigenvalue weighted by Crippen LogP contribution is 2.38. The zero-order valence-electron chi connectivity index (χ0n) is 21.9. The third-order valence-electron chi connectivity index (χ3n) is 6.89. The van der Waals surface area contributed by atoms with Gasteiger partial charge in [0.2, 0.25) is 0 Å². The van der Waals surface area contributed by atoms with Crippen LogP contribution in [0.5, 0.6) is 0 Å². The van der Waals surface area contributed by atoms with E-state index in [0.717, 1.165) is 33.4 Å². The van der Waals surface area contributed by atoms with Crippen LogP contribution in [0, 0.1) is 32.1 Å². The molecule has 0 amide bonds. The Bertz CT molecular complexity index is 1980. The summed E-state index contributed by atoms with van der Waals surface area (Å²) >= 11 is 0. The first-order chi connectivity index (χ1) is 19.1. The fraction of sp³-hybridized carbons (Fsp3) is 0.125. The molecule has 0 aliphatic heterocycles. The number of nitrogens with zero attached hydrogens (tertiary/aromatic N) is 5. The van der Waals surface area contributed by atoms with Crippen LogP contribution in [0.4, 0.5) is 13.2 Å². The molecule has 0 N–H and O–H groups in total. The van der Waals surface area contributed by atoms with Crippen LogP contribution < -0.4 is 0 Å². The fourth-order valence-electron chi connectivity index (χ4n) is 5.22. The van der Waals surface area contributed by atoms with E-state index in [1.54, 1.807) is 39.0 Å². The summed E-state index contributed by atoms with van der Waals surface area (Å²) in [5.74, 6) is 1.68. The lowest BCUT2D eigenvalue weighted by Crippen LogP contribution is -2.05. The van der Waals surface area contributed by atoms with Gasteiger partial charge in [-0.2, -0.15) is 18.4 Å². The van der Waals surface area contributed by atoms with E-state index < -0.39 is 11.7 Å². The van der Waals surface area contributed by atoms with Crippen molar-refractivity contribution in [1.29, 1.82) is 5.26 Å². The number of aryl methyl sites for hydroxylation is 3. The van der Waals surface area contributed by atoms with Crippen molar-refractivity contribution in [2.75, 3.05) is 0 Å². The zero-order chi connectivity index (χ0) is 28.2. The van der Waals surface area contributed by atoms with Crippen LogP contribution >= 0.6 is 0 Å². The summed E-state index contributed by atoms with van der Waals surface area (Å²) in [6.45, 7) is 5.25. The van der Waals surface area contributed by atoms with Gasteiger partial charge in [-0.1, -0.05) is 36.4 Å². The Morgan fingerprint density at radius 1 is 0.700 bits per heavy atom. The second-order valence-corrected chi connectivity index (χ2v) is 9.77. The number of benzene rings is 4. The molecule has 40 heavy (non-hydrogen) atoms. The molecule has 196 valence electrons. The van der Waals surface area contributed by atoms with E-state index in [-0.39, 0.29) is 0 Å². The van der Waals surface area contributed by atoms with Crippen molar-refractivity contribution >= 4 is 21.8 Å². The van der Waals surface area contributed by atoms with Crippen LogP contribution in [0.2, 0.25) is 0 Å². The van der Waals surface area contributed by atoms with Gasteiger partial charge in [0, 0.05) is 16.3 Å². The van der Waals surface area contributed by atoms with Gasteiger partial charge in [-0.3, -0.25) is 0 Å². The normalized spacial score (nSPS) is 11.7. The highest BCUT2D eigenvalue weighted by Gasteiger charge is 2.31. The van der Waals surface area contributed by atoms with E-state index in [2.05, 4.69) is 21.0 Å². The van der Waals surface area contributed by atoms with Crippen LogP contribution in [0.25, 0.3) is 50.0 Å². The standard InChI is InChI=1S/C32H22F3N5/c1-18-12-24(14-25(13-18)32(33,34)35)21-10-11-27-26-6-4-5-7-28(26)40(30(27)15-21)29-16-22(8-9-23(29)17-36)31-38-19(2)37-20(3)39-31/h4-16H,1-3H3. The minimum atomic E-state index is -4.45. The van der Waals surface area contributed by atoms with E-state index >= 15 is 0 Å². The molecule has 0 fully saturated rings. The second-order valence-electron chi connectivity index (χ2n) is 9.77. The number of rotatable bonds is 3. The first-order valence-electron chi connectivity index (χ1n) is 12.6. The predicted octanol–water partition coefficient (Wildman–Crippen LogP) is 8.12. The molecule has 0 spiro atoms. The van der Waals surface area contributed by atoms with E-state index in [1.165, 1.54) is 6.07 Å². The van der Waals surface area contributed by atoms with Crippen LogP contribution in [-0.4, -0.2) is 19.5 Å². The van der Waals surface area contributed by atoms with Gasteiger partial charge in [-0.25, -0.2) is 15.0 Å². The Hall–Kier alpha value is -5.03. The average Bonchev–Trinajstić information content (AvgIpc) is 3.25. The summed E-state index contributed by atoms with van der Waals surface area (Å²) in [6.07, 6.45) is -4.45. The number of hydrogen-bond donors (Lipinski definition) is 0. The van der Waals surface area contributed by atoms with Gasteiger partial charge in [0.25, 0.3) is 0 Å². The maximum absolute atomic E-state index is 13.6. The van der Waals surface area contributed by atoms with Crippen LogP contribution in [0.15, 0.2) is 78.9 Å². The van der Waals surface area contributed by atoms with Crippen LogP contribution in [0.1, 0.15) is 28.3 Å². The maximum Gasteiger partial charge on any atom is 0.416 e. The number of aromatic nitrogens is 4. The molecule has 0 unspecified atom stereocenters. The van der Waals surface area contributed by atoms with Gasteiger partial charge in [0.05, 0.1) is 27.8 Å². The van der Waals surface area contributed by atoms with Crippen molar-refractivity contribution < 1.29 is 13.2 Å². The molecular weight excluding hydrogens is 511 g/mol. The van der Waals surface area contributed by atoms with Crippen molar-refractivity contribution in [3.05, 3.63) is 107 Å². The maximum atomic E-state index is 13.6. The Kier molecular flexibility index (Phi) is 5.88. The number of para-hydroxylation sites is 1. The smallest absolute Gasteiger partial charge is 0.308 e. The van der Waals surface area contributed by atoms with Gasteiger partial charge < -0.3 is 4.57 Å². The van der Waals surface area contributed by atoms with Gasteiger partial charge in [0.1, 0.15) is 17.7 Å². The number of hydrogen-bond acceptors (Lipinski definition) is 4. The largest absolute Gasteiger partial charge is 0.416 e. The quantitative estimate of drug-likeness (QED) is 0.230. The minimum Gasteiger partial charge on any atom is -0.308 e. The summed E-state index contributed by atoms with van der Waals surface area (Å²) in [6, 6.07) is 25.2. The van der Waals surface area contributed by atoms with Crippen molar-refractivity contribution in [2.24, 2.45) is 0 Å². The molecule has 2 heterocycles. The molecule has 0 saturated carbocycles. The SMILES string of the molecule is Cc1cc(-c2ccc3c4ccccc4n(-c4cc(-c5nc(C)nc(C)n5)ccc4C#N)c3c2)cc(C(F)(F)F)c1. The van der Waals surface area contributed by atoms with E-state index in [1.807, 2.05) is 53.1 Å². The molecule has 2 aromatic heterocycles. The second kappa shape index (κ2) is 9.31. The summed E-state index contributed by atoms with van der Waals surface area (Å²) in [5.41, 5.74) is 4.36. The lowest BCUT2D eigenvalue weighted by atomic mass is 9.99. The molecule has 5 nitrogen and oxygen atoms in total. The molecule has 0 atom stereocenters. The molecule has 6 rings (SSSR count). The van der Waals surface area contributed by atoms with E-state index in [4.69, 9.17) is 0 Å². The van der Waals surface area contributed by atoms with Crippen LogP contribution in [0.3, 0.4) is 0 Å². The summed E-state index contributed by atoms with van der Waals surface area (Å²) < 4.78 is 42.8. The van der Waals surface area contributed by atoms with E-state index in [0.29, 0.717) is 45.4 Å².